The van der Waals surface area contributed by atoms with Crippen LogP contribution in [0.25, 0.3) is 21.6 Å². The van der Waals surface area contributed by atoms with Crippen molar-refractivity contribution < 1.29 is 4.79 Å². The highest BCUT2D eigenvalue weighted by molar-refractivity contribution is 7.13. The quantitative estimate of drug-likeness (QED) is 0.562. The summed E-state index contributed by atoms with van der Waals surface area (Å²) in [6.07, 6.45) is 0. The molecule has 0 aliphatic rings. The molecule has 0 fully saturated rings. The summed E-state index contributed by atoms with van der Waals surface area (Å²) in [5.41, 5.74) is 1.74. The molecule has 0 saturated carbocycles. The third-order valence-corrected chi connectivity index (χ3v) is 5.15. The zero-order chi connectivity index (χ0) is 18.3. The Labute approximate surface area is 157 Å². The van der Waals surface area contributed by atoms with Crippen molar-refractivity contribution in [2.75, 3.05) is 5.32 Å². The van der Waals surface area contributed by atoms with Gasteiger partial charge in [-0.2, -0.15) is 0 Å². The van der Waals surface area contributed by atoms with E-state index in [-0.39, 0.29) is 5.56 Å². The van der Waals surface area contributed by atoms with Gasteiger partial charge in [-0.3, -0.25) is 14.9 Å². The highest BCUT2D eigenvalue weighted by atomic mass is 35.5. The van der Waals surface area contributed by atoms with Crippen molar-refractivity contribution in [1.29, 1.82) is 0 Å². The highest BCUT2D eigenvalue weighted by Crippen LogP contribution is 2.23. The van der Waals surface area contributed by atoms with Crippen LogP contribution in [0.4, 0.5) is 5.95 Å². The number of aromatic amines is 1. The van der Waals surface area contributed by atoms with Crippen LogP contribution in [0.2, 0.25) is 5.02 Å². The SMILES string of the molecule is Cn1c(NC(=O)c2ccc(-c3cccs3)[nH]c2=O)nc2cc(Cl)ccc21. The van der Waals surface area contributed by atoms with Crippen molar-refractivity contribution in [3.05, 3.63) is 68.8 Å². The summed E-state index contributed by atoms with van der Waals surface area (Å²) in [5.74, 6) is -0.178. The van der Waals surface area contributed by atoms with Gasteiger partial charge in [0.15, 0.2) is 0 Å². The number of aryl methyl sites for hydroxylation is 1. The van der Waals surface area contributed by atoms with Gasteiger partial charge in [0.25, 0.3) is 11.5 Å². The van der Waals surface area contributed by atoms with E-state index in [0.717, 1.165) is 10.4 Å². The molecule has 130 valence electrons. The van der Waals surface area contributed by atoms with Crippen LogP contribution in [0.3, 0.4) is 0 Å². The van der Waals surface area contributed by atoms with E-state index in [4.69, 9.17) is 11.6 Å². The molecule has 26 heavy (non-hydrogen) atoms. The molecule has 0 atom stereocenters. The molecular weight excluding hydrogens is 372 g/mol. The summed E-state index contributed by atoms with van der Waals surface area (Å²) in [4.78, 5) is 32.9. The number of hydrogen-bond donors (Lipinski definition) is 2. The summed E-state index contributed by atoms with van der Waals surface area (Å²) in [6.45, 7) is 0. The highest BCUT2D eigenvalue weighted by Gasteiger charge is 2.16. The molecule has 6 nitrogen and oxygen atoms in total. The normalized spacial score (nSPS) is 11.0. The van der Waals surface area contributed by atoms with Crippen molar-refractivity contribution in [3.63, 3.8) is 0 Å². The van der Waals surface area contributed by atoms with Crippen LogP contribution in [-0.2, 0) is 7.05 Å². The van der Waals surface area contributed by atoms with Gasteiger partial charge in [0.05, 0.1) is 21.6 Å². The maximum absolute atomic E-state index is 12.5. The molecule has 0 unspecified atom stereocenters. The summed E-state index contributed by atoms with van der Waals surface area (Å²) in [6, 6.07) is 12.3. The molecule has 0 aliphatic heterocycles. The maximum atomic E-state index is 12.5. The second-order valence-corrected chi connectivity index (χ2v) is 7.06. The number of nitrogens with zero attached hydrogens (tertiary/aromatic N) is 2. The summed E-state index contributed by atoms with van der Waals surface area (Å²) < 4.78 is 1.73. The first-order valence-corrected chi connectivity index (χ1v) is 8.99. The molecule has 0 bridgehead atoms. The average Bonchev–Trinajstić information content (AvgIpc) is 3.24. The third-order valence-electron chi connectivity index (χ3n) is 4.01. The molecule has 1 amide bonds. The fourth-order valence-corrected chi connectivity index (χ4v) is 3.55. The van der Waals surface area contributed by atoms with E-state index in [1.54, 1.807) is 29.8 Å². The minimum Gasteiger partial charge on any atom is -0.321 e. The average molecular weight is 385 g/mol. The number of H-pyrrole nitrogens is 1. The first-order chi connectivity index (χ1) is 12.5. The van der Waals surface area contributed by atoms with E-state index in [0.29, 0.717) is 22.2 Å². The van der Waals surface area contributed by atoms with Gasteiger partial charge in [0.1, 0.15) is 5.56 Å². The summed E-state index contributed by atoms with van der Waals surface area (Å²) >= 11 is 7.49. The van der Waals surface area contributed by atoms with Gasteiger partial charge in [0, 0.05) is 12.1 Å². The number of anilines is 1. The molecule has 3 aromatic heterocycles. The second-order valence-electron chi connectivity index (χ2n) is 5.67. The topological polar surface area (TPSA) is 79.8 Å². The van der Waals surface area contributed by atoms with Gasteiger partial charge >= 0.3 is 0 Å². The number of imidazole rings is 1. The molecule has 0 radical (unpaired) electrons. The van der Waals surface area contributed by atoms with Crippen molar-refractivity contribution in [3.8, 4) is 10.6 Å². The monoisotopic (exact) mass is 384 g/mol. The Bertz CT molecular complexity index is 1180. The third kappa shape index (κ3) is 2.91. The number of pyridine rings is 1. The molecule has 1 aromatic carbocycles. The molecule has 3 heterocycles. The largest absolute Gasteiger partial charge is 0.321 e. The summed E-state index contributed by atoms with van der Waals surface area (Å²) in [7, 11) is 1.78. The van der Waals surface area contributed by atoms with Crippen LogP contribution in [0.5, 0.6) is 0 Å². The van der Waals surface area contributed by atoms with Crippen molar-refractivity contribution in [1.82, 2.24) is 14.5 Å². The lowest BCUT2D eigenvalue weighted by molar-refractivity contribution is 0.102. The van der Waals surface area contributed by atoms with E-state index in [1.165, 1.54) is 17.4 Å². The molecule has 0 spiro atoms. The molecule has 0 aliphatic carbocycles. The molecule has 2 N–H and O–H groups in total. The van der Waals surface area contributed by atoms with Crippen LogP contribution in [0, 0.1) is 0 Å². The van der Waals surface area contributed by atoms with Gasteiger partial charge < -0.3 is 9.55 Å². The Morgan fingerprint density at radius 3 is 2.85 bits per heavy atom. The molecule has 4 rings (SSSR count). The van der Waals surface area contributed by atoms with E-state index in [2.05, 4.69) is 15.3 Å². The van der Waals surface area contributed by atoms with Gasteiger partial charge in [0.2, 0.25) is 5.95 Å². The standard InChI is InChI=1S/C18H13ClN4O2S/c1-23-14-7-4-10(19)9-13(14)21-18(23)22-17(25)11-5-6-12(20-16(11)24)15-3-2-8-26-15/h2-9H,1H3,(H,20,24)(H,21,22,25). The number of amides is 1. The number of carbonyl (C=O) groups is 1. The number of nitrogens with one attached hydrogen (secondary N) is 2. The predicted octanol–water partition coefficient (Wildman–Crippen LogP) is 3.90. The van der Waals surface area contributed by atoms with Gasteiger partial charge in [-0.15, -0.1) is 11.3 Å². The lowest BCUT2D eigenvalue weighted by Crippen LogP contribution is -2.24. The number of thiophene rings is 1. The molecule has 8 heteroatoms. The van der Waals surface area contributed by atoms with Crippen molar-refractivity contribution >= 4 is 45.8 Å². The van der Waals surface area contributed by atoms with Gasteiger partial charge in [-0.05, 0) is 41.8 Å². The van der Waals surface area contributed by atoms with Crippen LogP contribution in [-0.4, -0.2) is 20.4 Å². The van der Waals surface area contributed by atoms with Gasteiger partial charge in [-0.1, -0.05) is 17.7 Å². The number of carbonyl (C=O) groups excluding carboxylic acids is 1. The van der Waals surface area contributed by atoms with Gasteiger partial charge in [-0.25, -0.2) is 4.98 Å². The fraction of sp³-hybridized carbons (Fsp3) is 0.0556. The Kier molecular flexibility index (Phi) is 4.10. The Morgan fingerprint density at radius 2 is 2.12 bits per heavy atom. The first kappa shape index (κ1) is 16.6. The van der Waals surface area contributed by atoms with Crippen molar-refractivity contribution in [2.45, 2.75) is 0 Å². The number of fused-ring (bicyclic) bond motifs is 1. The van der Waals surface area contributed by atoms with Crippen LogP contribution < -0.4 is 10.9 Å². The number of benzene rings is 1. The van der Waals surface area contributed by atoms with E-state index >= 15 is 0 Å². The molecule has 4 aromatic rings. The minimum atomic E-state index is -0.520. The number of hydrogen-bond acceptors (Lipinski definition) is 4. The molecular formula is C18H13ClN4O2S. The minimum absolute atomic E-state index is 0.0235. The van der Waals surface area contributed by atoms with Crippen molar-refractivity contribution in [2.24, 2.45) is 7.05 Å². The number of halogens is 1. The van der Waals surface area contributed by atoms with Crippen LogP contribution in [0.15, 0.2) is 52.6 Å². The summed E-state index contributed by atoms with van der Waals surface area (Å²) in [5, 5.41) is 5.17. The zero-order valence-corrected chi connectivity index (χ0v) is 15.2. The first-order valence-electron chi connectivity index (χ1n) is 7.73. The predicted molar refractivity (Wildman–Crippen MR) is 104 cm³/mol. The maximum Gasteiger partial charge on any atom is 0.263 e. The van der Waals surface area contributed by atoms with E-state index < -0.39 is 11.5 Å². The Hall–Kier alpha value is -2.90. The van der Waals surface area contributed by atoms with Crippen LogP contribution in [0.1, 0.15) is 10.4 Å². The number of rotatable bonds is 3. The zero-order valence-electron chi connectivity index (χ0n) is 13.6. The van der Waals surface area contributed by atoms with E-state index in [1.807, 2.05) is 23.6 Å². The fourth-order valence-electron chi connectivity index (χ4n) is 2.68. The lowest BCUT2D eigenvalue weighted by Gasteiger charge is -2.05. The molecule has 0 saturated heterocycles. The Morgan fingerprint density at radius 1 is 1.27 bits per heavy atom. The lowest BCUT2D eigenvalue weighted by atomic mass is 10.2. The van der Waals surface area contributed by atoms with Crippen LogP contribution >= 0.6 is 22.9 Å². The second kappa shape index (κ2) is 6.44. The number of aromatic nitrogens is 3. The van der Waals surface area contributed by atoms with E-state index in [9.17, 15) is 9.59 Å². The Balaban J connectivity index is 1.65. The smallest absolute Gasteiger partial charge is 0.263 e.